The standard InChI is InChI=1S/C21H25N3O3S3/c1-4-6-13-24(5-2)30(26,27)17-10-7-15(8-11-17)20(25)22-16-9-12-18-19(14-16)29-21(23-18)28-3/h7-12,14H,4-6,13H2,1-3H3,(H,22,25). The molecular weight excluding hydrogens is 438 g/mol. The van der Waals surface area contributed by atoms with E-state index in [2.05, 4.69) is 10.3 Å². The van der Waals surface area contributed by atoms with Crippen molar-refractivity contribution >= 4 is 54.9 Å². The SMILES string of the molecule is CCCCN(CC)S(=O)(=O)c1ccc(C(=O)Nc2ccc3nc(SC)sc3c2)cc1. The zero-order valence-corrected chi connectivity index (χ0v) is 19.7. The second-order valence-electron chi connectivity index (χ2n) is 6.70. The highest BCUT2D eigenvalue weighted by Crippen LogP contribution is 2.30. The summed E-state index contributed by atoms with van der Waals surface area (Å²) in [6.07, 6.45) is 3.72. The maximum Gasteiger partial charge on any atom is 0.255 e. The van der Waals surface area contributed by atoms with Crippen molar-refractivity contribution in [2.24, 2.45) is 0 Å². The summed E-state index contributed by atoms with van der Waals surface area (Å²) in [6, 6.07) is 11.7. The van der Waals surface area contributed by atoms with Gasteiger partial charge in [0.05, 0.1) is 15.1 Å². The first-order valence-corrected chi connectivity index (χ1v) is 13.2. The van der Waals surface area contributed by atoms with Gasteiger partial charge in [0.2, 0.25) is 10.0 Å². The normalized spacial score (nSPS) is 11.9. The highest BCUT2D eigenvalue weighted by molar-refractivity contribution is 8.00. The van der Waals surface area contributed by atoms with Crippen LogP contribution in [0.3, 0.4) is 0 Å². The van der Waals surface area contributed by atoms with Crippen LogP contribution < -0.4 is 5.32 Å². The highest BCUT2D eigenvalue weighted by Gasteiger charge is 2.22. The summed E-state index contributed by atoms with van der Waals surface area (Å²) in [7, 11) is -3.56. The van der Waals surface area contributed by atoms with Crippen LogP contribution in [0.25, 0.3) is 10.2 Å². The number of thiazole rings is 1. The fraction of sp³-hybridized carbons (Fsp3) is 0.333. The van der Waals surface area contributed by atoms with Gasteiger partial charge in [0.15, 0.2) is 4.34 Å². The number of thioether (sulfide) groups is 1. The number of rotatable bonds is 9. The molecule has 1 N–H and O–H groups in total. The summed E-state index contributed by atoms with van der Waals surface area (Å²) in [6.45, 7) is 4.78. The van der Waals surface area contributed by atoms with E-state index in [-0.39, 0.29) is 10.8 Å². The Hall–Kier alpha value is -1.94. The van der Waals surface area contributed by atoms with Crippen LogP contribution in [-0.4, -0.2) is 43.0 Å². The Balaban J connectivity index is 1.74. The fourth-order valence-corrected chi connectivity index (χ4v) is 6.00. The van der Waals surface area contributed by atoms with Crippen LogP contribution in [0, 0.1) is 0 Å². The van der Waals surface area contributed by atoms with Crippen molar-refractivity contribution in [1.29, 1.82) is 0 Å². The first-order valence-electron chi connectivity index (χ1n) is 9.75. The predicted octanol–water partition coefficient (Wildman–Crippen LogP) is 5.08. The third kappa shape index (κ3) is 5.03. The maximum absolute atomic E-state index is 12.8. The Morgan fingerprint density at radius 3 is 2.53 bits per heavy atom. The minimum absolute atomic E-state index is 0.202. The topological polar surface area (TPSA) is 79.4 Å². The van der Waals surface area contributed by atoms with E-state index in [0.29, 0.717) is 24.3 Å². The molecule has 0 saturated heterocycles. The molecule has 0 fully saturated rings. The van der Waals surface area contributed by atoms with E-state index in [4.69, 9.17) is 0 Å². The Kier molecular flexibility index (Phi) is 7.51. The molecule has 3 aromatic rings. The van der Waals surface area contributed by atoms with Gasteiger partial charge in [-0.2, -0.15) is 4.31 Å². The molecule has 0 aliphatic heterocycles. The van der Waals surface area contributed by atoms with Gasteiger partial charge in [-0.25, -0.2) is 13.4 Å². The first kappa shape index (κ1) is 22.7. The molecule has 1 aromatic heterocycles. The first-order chi connectivity index (χ1) is 14.4. The predicted molar refractivity (Wildman–Crippen MR) is 125 cm³/mol. The maximum atomic E-state index is 12.8. The second-order valence-corrected chi connectivity index (χ2v) is 10.7. The van der Waals surface area contributed by atoms with Gasteiger partial charge in [-0.15, -0.1) is 11.3 Å². The third-order valence-electron chi connectivity index (χ3n) is 4.67. The van der Waals surface area contributed by atoms with Crippen molar-refractivity contribution < 1.29 is 13.2 Å². The van der Waals surface area contributed by atoms with E-state index in [1.54, 1.807) is 35.2 Å². The Morgan fingerprint density at radius 2 is 1.90 bits per heavy atom. The average Bonchev–Trinajstić information content (AvgIpc) is 3.16. The smallest absolute Gasteiger partial charge is 0.255 e. The summed E-state index contributed by atoms with van der Waals surface area (Å²) in [5.74, 6) is -0.286. The molecule has 2 aromatic carbocycles. The van der Waals surface area contributed by atoms with E-state index >= 15 is 0 Å². The number of carbonyl (C=O) groups is 1. The summed E-state index contributed by atoms with van der Waals surface area (Å²) >= 11 is 3.17. The van der Waals surface area contributed by atoms with Crippen molar-refractivity contribution in [3.8, 4) is 0 Å². The molecule has 0 aliphatic rings. The molecule has 160 valence electrons. The molecule has 1 heterocycles. The van der Waals surface area contributed by atoms with E-state index in [1.165, 1.54) is 16.4 Å². The number of anilines is 1. The number of unbranched alkanes of at least 4 members (excludes halogenated alkanes) is 1. The average molecular weight is 464 g/mol. The van der Waals surface area contributed by atoms with E-state index in [9.17, 15) is 13.2 Å². The van der Waals surface area contributed by atoms with Crippen LogP contribution in [0.1, 0.15) is 37.0 Å². The second kappa shape index (κ2) is 9.91. The molecule has 0 spiro atoms. The summed E-state index contributed by atoms with van der Waals surface area (Å²) in [4.78, 5) is 17.3. The minimum Gasteiger partial charge on any atom is -0.322 e. The van der Waals surface area contributed by atoms with Gasteiger partial charge in [0.25, 0.3) is 5.91 Å². The fourth-order valence-electron chi connectivity index (χ4n) is 2.98. The van der Waals surface area contributed by atoms with Gasteiger partial charge < -0.3 is 5.32 Å². The van der Waals surface area contributed by atoms with Crippen molar-refractivity contribution in [3.63, 3.8) is 0 Å². The Labute approximate surface area is 185 Å². The van der Waals surface area contributed by atoms with Crippen LogP contribution >= 0.6 is 23.1 Å². The van der Waals surface area contributed by atoms with Crippen LogP contribution in [0.4, 0.5) is 5.69 Å². The van der Waals surface area contributed by atoms with E-state index in [0.717, 1.165) is 27.4 Å². The number of nitrogens with one attached hydrogen (secondary N) is 1. The lowest BCUT2D eigenvalue weighted by Gasteiger charge is -2.20. The van der Waals surface area contributed by atoms with Crippen molar-refractivity contribution in [2.45, 2.75) is 35.9 Å². The van der Waals surface area contributed by atoms with Gasteiger partial charge in [-0.3, -0.25) is 4.79 Å². The van der Waals surface area contributed by atoms with Gasteiger partial charge in [0.1, 0.15) is 0 Å². The van der Waals surface area contributed by atoms with Crippen LogP contribution in [0.2, 0.25) is 0 Å². The molecule has 0 radical (unpaired) electrons. The summed E-state index contributed by atoms with van der Waals surface area (Å²) < 4.78 is 29.1. The largest absolute Gasteiger partial charge is 0.322 e. The number of hydrogen-bond acceptors (Lipinski definition) is 6. The molecule has 6 nitrogen and oxygen atoms in total. The number of hydrogen-bond donors (Lipinski definition) is 1. The van der Waals surface area contributed by atoms with Gasteiger partial charge in [-0.1, -0.05) is 32.0 Å². The molecule has 0 atom stereocenters. The van der Waals surface area contributed by atoms with E-state index in [1.807, 2.05) is 38.3 Å². The molecule has 0 aliphatic carbocycles. The highest BCUT2D eigenvalue weighted by atomic mass is 32.2. The molecule has 0 bridgehead atoms. The molecular formula is C21H25N3O3S3. The molecule has 9 heteroatoms. The lowest BCUT2D eigenvalue weighted by molar-refractivity contribution is 0.102. The number of aromatic nitrogens is 1. The lowest BCUT2D eigenvalue weighted by Crippen LogP contribution is -2.31. The van der Waals surface area contributed by atoms with Crippen molar-refractivity contribution in [3.05, 3.63) is 48.0 Å². The van der Waals surface area contributed by atoms with Crippen LogP contribution in [-0.2, 0) is 10.0 Å². The molecule has 0 saturated carbocycles. The van der Waals surface area contributed by atoms with E-state index < -0.39 is 10.0 Å². The molecule has 30 heavy (non-hydrogen) atoms. The lowest BCUT2D eigenvalue weighted by atomic mass is 10.2. The summed E-state index contributed by atoms with van der Waals surface area (Å²) in [5, 5.41) is 2.87. The Morgan fingerprint density at radius 1 is 1.17 bits per heavy atom. The number of carbonyl (C=O) groups excluding carboxylic acids is 1. The third-order valence-corrected chi connectivity index (χ3v) is 8.66. The van der Waals surface area contributed by atoms with Crippen molar-refractivity contribution in [1.82, 2.24) is 9.29 Å². The Bertz CT molecular complexity index is 1130. The van der Waals surface area contributed by atoms with Crippen LogP contribution in [0.15, 0.2) is 51.7 Å². The number of sulfonamides is 1. The van der Waals surface area contributed by atoms with Crippen molar-refractivity contribution in [2.75, 3.05) is 24.7 Å². The molecule has 0 unspecified atom stereocenters. The minimum atomic E-state index is -3.56. The monoisotopic (exact) mass is 463 g/mol. The van der Waals surface area contributed by atoms with Crippen LogP contribution in [0.5, 0.6) is 0 Å². The number of benzene rings is 2. The molecule has 1 amide bonds. The molecule has 3 rings (SSSR count). The summed E-state index contributed by atoms with van der Waals surface area (Å²) in [5.41, 5.74) is 1.98. The number of nitrogens with zero attached hydrogens (tertiary/aromatic N) is 2. The van der Waals surface area contributed by atoms with Gasteiger partial charge >= 0.3 is 0 Å². The van der Waals surface area contributed by atoms with Gasteiger partial charge in [-0.05, 0) is 55.1 Å². The zero-order chi connectivity index (χ0) is 21.7. The quantitative estimate of drug-likeness (QED) is 0.448. The number of amides is 1. The number of fused-ring (bicyclic) bond motifs is 1. The zero-order valence-electron chi connectivity index (χ0n) is 17.2. The van der Waals surface area contributed by atoms with Gasteiger partial charge in [0, 0.05) is 24.3 Å².